The Labute approximate surface area is 157 Å². The van der Waals surface area contributed by atoms with Crippen molar-refractivity contribution in [1.82, 2.24) is 9.47 Å². The van der Waals surface area contributed by atoms with Gasteiger partial charge in [0.1, 0.15) is 0 Å². The Morgan fingerprint density at radius 2 is 1.77 bits per heavy atom. The van der Waals surface area contributed by atoms with Crippen LogP contribution in [0.4, 0.5) is 0 Å². The van der Waals surface area contributed by atoms with Crippen molar-refractivity contribution in [1.29, 1.82) is 0 Å². The maximum atomic E-state index is 13.1. The fourth-order valence-electron chi connectivity index (χ4n) is 3.24. The molecule has 4 rings (SSSR count). The van der Waals surface area contributed by atoms with Gasteiger partial charge in [-0.1, -0.05) is 54.6 Å². The molecule has 0 aliphatic rings. The fourth-order valence-corrected chi connectivity index (χ4v) is 4.00. The lowest BCUT2D eigenvalue weighted by Gasteiger charge is -2.15. The van der Waals surface area contributed by atoms with Gasteiger partial charge >= 0.3 is 0 Å². The summed E-state index contributed by atoms with van der Waals surface area (Å²) in [5, 5.41) is 3.05. The summed E-state index contributed by atoms with van der Waals surface area (Å²) in [7, 11) is 1.87. The molecule has 2 heterocycles. The number of thiophene rings is 1. The topological polar surface area (TPSA) is 25.2 Å². The van der Waals surface area contributed by atoms with Crippen molar-refractivity contribution in [3.8, 4) is 0 Å². The molecule has 0 spiro atoms. The monoisotopic (exact) mass is 360 g/mol. The number of rotatable bonds is 5. The number of benzene rings is 2. The molecule has 0 aliphatic carbocycles. The Bertz CT molecular complexity index is 1020. The molecule has 26 heavy (non-hydrogen) atoms. The van der Waals surface area contributed by atoms with Crippen LogP contribution in [0, 0.1) is 0 Å². The summed E-state index contributed by atoms with van der Waals surface area (Å²) in [5.74, 6) is 0.0569. The third-order valence-corrected chi connectivity index (χ3v) is 5.40. The van der Waals surface area contributed by atoms with E-state index in [1.54, 1.807) is 16.2 Å². The Kier molecular flexibility index (Phi) is 4.59. The largest absolute Gasteiger partial charge is 0.342 e. The molecule has 4 aromatic rings. The van der Waals surface area contributed by atoms with Gasteiger partial charge in [0.25, 0.3) is 5.91 Å². The van der Waals surface area contributed by atoms with E-state index in [9.17, 15) is 4.79 Å². The zero-order valence-electron chi connectivity index (χ0n) is 14.6. The second kappa shape index (κ2) is 7.18. The lowest BCUT2D eigenvalue weighted by Crippen LogP contribution is -2.25. The van der Waals surface area contributed by atoms with E-state index in [1.165, 1.54) is 10.4 Å². The van der Waals surface area contributed by atoms with Crippen molar-refractivity contribution in [2.45, 2.75) is 13.1 Å². The Morgan fingerprint density at radius 3 is 2.54 bits per heavy atom. The van der Waals surface area contributed by atoms with E-state index < -0.39 is 0 Å². The second-order valence-corrected chi connectivity index (χ2v) is 7.45. The fraction of sp³-hybridized carbons (Fsp3) is 0.136. The minimum absolute atomic E-state index is 0.0569. The lowest BCUT2D eigenvalue weighted by molar-refractivity contribution is 0.0788. The third-order valence-electron chi connectivity index (χ3n) is 4.53. The van der Waals surface area contributed by atoms with Crippen molar-refractivity contribution >= 4 is 28.1 Å². The van der Waals surface area contributed by atoms with Crippen LogP contribution in [-0.2, 0) is 13.1 Å². The molecular weight excluding hydrogens is 340 g/mol. The summed E-state index contributed by atoms with van der Waals surface area (Å²) in [6, 6.07) is 22.5. The van der Waals surface area contributed by atoms with Crippen molar-refractivity contribution in [3.05, 3.63) is 94.3 Å². The van der Waals surface area contributed by atoms with Crippen LogP contribution in [0.3, 0.4) is 0 Å². The number of hydrogen-bond donors (Lipinski definition) is 0. The van der Waals surface area contributed by atoms with Gasteiger partial charge in [-0.3, -0.25) is 4.79 Å². The number of carbonyl (C=O) groups is 1. The van der Waals surface area contributed by atoms with E-state index >= 15 is 0 Å². The summed E-state index contributed by atoms with van der Waals surface area (Å²) in [4.78, 5) is 16.0. The van der Waals surface area contributed by atoms with Crippen LogP contribution in [0.5, 0.6) is 0 Å². The molecular formula is C22H20N2OS. The third kappa shape index (κ3) is 3.28. The van der Waals surface area contributed by atoms with E-state index in [4.69, 9.17) is 0 Å². The number of aromatic nitrogens is 1. The molecule has 0 fully saturated rings. The minimum atomic E-state index is 0.0569. The Balaban J connectivity index is 1.67. The van der Waals surface area contributed by atoms with Crippen LogP contribution in [0.15, 0.2) is 78.3 Å². The van der Waals surface area contributed by atoms with Crippen LogP contribution in [0.25, 0.3) is 10.9 Å². The minimum Gasteiger partial charge on any atom is -0.342 e. The Morgan fingerprint density at radius 1 is 1.00 bits per heavy atom. The van der Waals surface area contributed by atoms with Gasteiger partial charge in [0.05, 0.1) is 12.1 Å². The first-order valence-electron chi connectivity index (χ1n) is 8.62. The van der Waals surface area contributed by atoms with E-state index in [-0.39, 0.29) is 5.91 Å². The van der Waals surface area contributed by atoms with E-state index in [2.05, 4.69) is 28.8 Å². The maximum absolute atomic E-state index is 13.1. The normalized spacial score (nSPS) is 11.0. The van der Waals surface area contributed by atoms with Crippen molar-refractivity contribution < 1.29 is 4.79 Å². The molecule has 0 saturated heterocycles. The summed E-state index contributed by atoms with van der Waals surface area (Å²) in [6.07, 6.45) is 1.99. The van der Waals surface area contributed by atoms with Crippen molar-refractivity contribution in [3.63, 3.8) is 0 Å². The summed E-state index contributed by atoms with van der Waals surface area (Å²) in [6.45, 7) is 1.39. The van der Waals surface area contributed by atoms with Crippen LogP contribution in [-0.4, -0.2) is 22.4 Å². The molecule has 0 N–H and O–H groups in total. The number of carbonyl (C=O) groups excluding carboxylic acids is 1. The van der Waals surface area contributed by atoms with Crippen LogP contribution in [0.2, 0.25) is 0 Å². The molecule has 0 atom stereocenters. The maximum Gasteiger partial charge on any atom is 0.256 e. The summed E-state index contributed by atoms with van der Waals surface area (Å²) < 4.78 is 2.16. The van der Waals surface area contributed by atoms with Crippen molar-refractivity contribution in [2.75, 3.05) is 7.05 Å². The molecule has 0 aliphatic heterocycles. The van der Waals surface area contributed by atoms with Crippen LogP contribution < -0.4 is 0 Å². The number of amides is 1. The van der Waals surface area contributed by atoms with E-state index in [1.807, 2.05) is 61.1 Å². The van der Waals surface area contributed by atoms with E-state index in [0.717, 1.165) is 23.0 Å². The smallest absolute Gasteiger partial charge is 0.256 e. The van der Waals surface area contributed by atoms with Gasteiger partial charge in [-0.25, -0.2) is 0 Å². The second-order valence-electron chi connectivity index (χ2n) is 6.41. The van der Waals surface area contributed by atoms with Gasteiger partial charge in [0.15, 0.2) is 0 Å². The van der Waals surface area contributed by atoms with Gasteiger partial charge in [0.2, 0.25) is 0 Å². The molecule has 1 amide bonds. The zero-order chi connectivity index (χ0) is 17.9. The van der Waals surface area contributed by atoms with Gasteiger partial charge in [-0.2, -0.15) is 0 Å². The molecule has 0 radical (unpaired) electrons. The highest BCUT2D eigenvalue weighted by Gasteiger charge is 2.18. The van der Waals surface area contributed by atoms with E-state index in [0.29, 0.717) is 6.54 Å². The molecule has 2 aromatic carbocycles. The van der Waals surface area contributed by atoms with Gasteiger partial charge in [-0.05, 0) is 23.1 Å². The molecule has 0 bridgehead atoms. The number of fused-ring (bicyclic) bond motifs is 1. The number of hydrogen-bond acceptors (Lipinski definition) is 2. The van der Waals surface area contributed by atoms with Gasteiger partial charge in [-0.15, -0.1) is 11.3 Å². The average Bonchev–Trinajstić information content (AvgIpc) is 3.30. The molecule has 3 nitrogen and oxygen atoms in total. The first-order chi connectivity index (χ1) is 12.7. The first-order valence-corrected chi connectivity index (χ1v) is 9.50. The Hall–Kier alpha value is -2.85. The number of nitrogens with zero attached hydrogens (tertiary/aromatic N) is 2. The number of para-hydroxylation sites is 1. The molecule has 2 aromatic heterocycles. The van der Waals surface area contributed by atoms with Crippen LogP contribution >= 0.6 is 11.3 Å². The van der Waals surface area contributed by atoms with Gasteiger partial charge in [0, 0.05) is 35.6 Å². The summed E-state index contributed by atoms with van der Waals surface area (Å²) in [5.41, 5.74) is 3.07. The van der Waals surface area contributed by atoms with Crippen LogP contribution in [0.1, 0.15) is 20.8 Å². The standard InChI is InChI=1S/C22H20N2OS/c1-23(15-18-10-7-13-26-18)22(25)20-16-24(14-17-8-3-2-4-9-17)21-12-6-5-11-19(20)21/h2-13,16H,14-15H2,1H3. The highest BCUT2D eigenvalue weighted by Crippen LogP contribution is 2.24. The lowest BCUT2D eigenvalue weighted by atomic mass is 10.1. The average molecular weight is 360 g/mol. The predicted molar refractivity (Wildman–Crippen MR) is 108 cm³/mol. The highest BCUT2D eigenvalue weighted by atomic mass is 32.1. The van der Waals surface area contributed by atoms with Gasteiger partial charge < -0.3 is 9.47 Å². The predicted octanol–water partition coefficient (Wildman–Crippen LogP) is 5.02. The molecule has 4 heteroatoms. The first kappa shape index (κ1) is 16.6. The molecule has 130 valence electrons. The summed E-state index contributed by atoms with van der Waals surface area (Å²) >= 11 is 1.68. The van der Waals surface area contributed by atoms with Crippen molar-refractivity contribution in [2.24, 2.45) is 0 Å². The molecule has 0 saturated carbocycles. The highest BCUT2D eigenvalue weighted by molar-refractivity contribution is 7.09. The quantitative estimate of drug-likeness (QED) is 0.490. The molecule has 0 unspecified atom stereocenters. The SMILES string of the molecule is CN(Cc1cccs1)C(=O)c1cn(Cc2ccccc2)c2ccccc12. The zero-order valence-corrected chi connectivity index (χ0v) is 15.4.